The van der Waals surface area contributed by atoms with Gasteiger partial charge in [0.05, 0.1) is 21.6 Å². The Kier molecular flexibility index (Phi) is 4.72. The molecule has 3 rings (SSSR count). The van der Waals surface area contributed by atoms with Crippen LogP contribution in [-0.2, 0) is 10.0 Å². The lowest BCUT2D eigenvalue weighted by atomic mass is 10.1. The van der Waals surface area contributed by atoms with Gasteiger partial charge in [-0.2, -0.15) is 0 Å². The maximum absolute atomic E-state index is 13.4. The molecule has 0 spiro atoms. The van der Waals surface area contributed by atoms with E-state index < -0.39 is 21.1 Å². The number of nitro benzene ring substituents is 1. The van der Waals surface area contributed by atoms with Gasteiger partial charge in [0.25, 0.3) is 15.7 Å². The van der Waals surface area contributed by atoms with Crippen LogP contribution in [0.1, 0.15) is 35.6 Å². The molecule has 2 aromatic carbocycles. The van der Waals surface area contributed by atoms with Crippen LogP contribution in [0.4, 0.5) is 11.4 Å². The summed E-state index contributed by atoms with van der Waals surface area (Å²) in [5.74, 6) is 0. The van der Waals surface area contributed by atoms with E-state index in [1.807, 2.05) is 0 Å². The Morgan fingerprint density at radius 2 is 1.92 bits per heavy atom. The van der Waals surface area contributed by atoms with Crippen LogP contribution in [-0.4, -0.2) is 25.0 Å². The van der Waals surface area contributed by atoms with Crippen LogP contribution in [0.25, 0.3) is 0 Å². The Balaban J connectivity index is 2.21. The van der Waals surface area contributed by atoms with Crippen molar-refractivity contribution >= 4 is 21.4 Å². The summed E-state index contributed by atoms with van der Waals surface area (Å²) >= 11 is 0. The van der Waals surface area contributed by atoms with Crippen LogP contribution in [0.2, 0.25) is 0 Å². The van der Waals surface area contributed by atoms with Crippen LogP contribution in [0, 0.1) is 24.0 Å². The van der Waals surface area contributed by atoms with Crippen molar-refractivity contribution in [2.24, 2.45) is 0 Å². The summed E-state index contributed by atoms with van der Waals surface area (Å²) in [5.41, 5.74) is 1.74. The second-order valence-corrected chi connectivity index (χ2v) is 8.27. The molecule has 0 aliphatic carbocycles. The predicted molar refractivity (Wildman–Crippen MR) is 97.7 cm³/mol. The Hall–Kier alpha value is -2.45. The standard InChI is InChI=1S/C18H20N2O5S/c1-12-10-14(20(22)23)11-18(13(12)2)26(24,25)19-9-5-8-17(21)15-6-3-4-7-16(15)19/h3-4,6-7,10-11,17,21H,5,8-9H2,1-2H3/t17-/m1/s1. The van der Waals surface area contributed by atoms with Crippen LogP contribution >= 0.6 is 0 Å². The molecule has 7 nitrogen and oxygen atoms in total. The second kappa shape index (κ2) is 6.69. The molecule has 138 valence electrons. The monoisotopic (exact) mass is 376 g/mol. The first kappa shape index (κ1) is 18.3. The molecule has 8 heteroatoms. The average molecular weight is 376 g/mol. The zero-order valence-electron chi connectivity index (χ0n) is 14.5. The number of aliphatic hydroxyl groups is 1. The predicted octanol–water partition coefficient (Wildman–Crippen LogP) is 3.23. The molecule has 0 saturated carbocycles. The van der Waals surface area contributed by atoms with Gasteiger partial charge in [-0.15, -0.1) is 0 Å². The average Bonchev–Trinajstić information content (AvgIpc) is 2.76. The van der Waals surface area contributed by atoms with E-state index in [9.17, 15) is 23.6 Å². The number of benzene rings is 2. The molecule has 0 bridgehead atoms. The van der Waals surface area contributed by atoms with E-state index in [0.29, 0.717) is 35.2 Å². The summed E-state index contributed by atoms with van der Waals surface area (Å²) < 4.78 is 28.0. The molecule has 2 aromatic rings. The van der Waals surface area contributed by atoms with Crippen molar-refractivity contribution in [2.75, 3.05) is 10.8 Å². The van der Waals surface area contributed by atoms with Crippen molar-refractivity contribution in [1.29, 1.82) is 0 Å². The number of nitrogens with zero attached hydrogens (tertiary/aromatic N) is 2. The van der Waals surface area contributed by atoms with E-state index in [0.717, 1.165) is 6.07 Å². The first-order valence-electron chi connectivity index (χ1n) is 8.29. The van der Waals surface area contributed by atoms with E-state index >= 15 is 0 Å². The number of non-ortho nitro benzene ring substituents is 1. The Morgan fingerprint density at radius 1 is 1.23 bits per heavy atom. The molecule has 0 saturated heterocycles. The molecule has 1 atom stereocenters. The molecule has 0 aromatic heterocycles. The molecule has 0 fully saturated rings. The number of nitro groups is 1. The van der Waals surface area contributed by atoms with Crippen molar-refractivity contribution in [1.82, 2.24) is 0 Å². The highest BCUT2D eigenvalue weighted by molar-refractivity contribution is 7.92. The van der Waals surface area contributed by atoms with Gasteiger partial charge in [0.2, 0.25) is 0 Å². The molecule has 0 amide bonds. The van der Waals surface area contributed by atoms with Crippen molar-refractivity contribution in [2.45, 2.75) is 37.7 Å². The van der Waals surface area contributed by atoms with Crippen LogP contribution < -0.4 is 4.31 Å². The highest BCUT2D eigenvalue weighted by atomic mass is 32.2. The van der Waals surface area contributed by atoms with E-state index in [-0.39, 0.29) is 17.1 Å². The minimum Gasteiger partial charge on any atom is -0.388 e. The van der Waals surface area contributed by atoms with Gasteiger partial charge in [0.15, 0.2) is 0 Å². The minimum atomic E-state index is -4.01. The summed E-state index contributed by atoms with van der Waals surface area (Å²) in [6, 6.07) is 9.31. The Labute approximate surface area is 152 Å². The van der Waals surface area contributed by atoms with Gasteiger partial charge < -0.3 is 5.11 Å². The molecule has 1 aliphatic heterocycles. The summed E-state index contributed by atoms with van der Waals surface area (Å²) in [5, 5.41) is 21.5. The highest BCUT2D eigenvalue weighted by Gasteiger charge is 2.32. The number of fused-ring (bicyclic) bond motifs is 1. The van der Waals surface area contributed by atoms with Gasteiger partial charge in [-0.1, -0.05) is 18.2 Å². The van der Waals surface area contributed by atoms with Gasteiger partial charge in [-0.25, -0.2) is 8.42 Å². The molecule has 1 heterocycles. The largest absolute Gasteiger partial charge is 0.388 e. The molecule has 1 aliphatic rings. The number of sulfonamides is 1. The topological polar surface area (TPSA) is 101 Å². The van der Waals surface area contributed by atoms with Crippen LogP contribution in [0.5, 0.6) is 0 Å². The zero-order valence-corrected chi connectivity index (χ0v) is 15.4. The number of rotatable bonds is 3. The van der Waals surface area contributed by atoms with Crippen molar-refractivity contribution in [3.63, 3.8) is 0 Å². The number of hydrogen-bond donors (Lipinski definition) is 1. The lowest BCUT2D eigenvalue weighted by molar-refractivity contribution is -0.385. The lowest BCUT2D eigenvalue weighted by Gasteiger charge is -2.26. The molecular weight excluding hydrogens is 356 g/mol. The quantitative estimate of drug-likeness (QED) is 0.655. The van der Waals surface area contributed by atoms with E-state index in [4.69, 9.17) is 0 Å². The van der Waals surface area contributed by atoms with Crippen LogP contribution in [0.15, 0.2) is 41.3 Å². The van der Waals surface area contributed by atoms with E-state index in [1.54, 1.807) is 38.1 Å². The second-order valence-electron chi connectivity index (χ2n) is 6.44. The van der Waals surface area contributed by atoms with Gasteiger partial charge >= 0.3 is 0 Å². The highest BCUT2D eigenvalue weighted by Crippen LogP contribution is 2.37. The summed E-state index contributed by atoms with van der Waals surface area (Å²) in [7, 11) is -4.01. The first-order valence-corrected chi connectivity index (χ1v) is 9.73. The van der Waals surface area contributed by atoms with E-state index in [1.165, 1.54) is 10.4 Å². The maximum atomic E-state index is 13.4. The summed E-state index contributed by atoms with van der Waals surface area (Å²) in [4.78, 5) is 10.5. The molecule has 0 unspecified atom stereocenters. The van der Waals surface area contributed by atoms with Crippen molar-refractivity contribution in [3.05, 3.63) is 63.2 Å². The Morgan fingerprint density at radius 3 is 2.62 bits per heavy atom. The molecule has 26 heavy (non-hydrogen) atoms. The lowest BCUT2D eigenvalue weighted by Crippen LogP contribution is -2.32. The van der Waals surface area contributed by atoms with Crippen molar-refractivity contribution < 1.29 is 18.4 Å². The maximum Gasteiger partial charge on any atom is 0.271 e. The Bertz CT molecular complexity index is 972. The number of anilines is 1. The smallest absolute Gasteiger partial charge is 0.271 e. The third-order valence-electron chi connectivity index (χ3n) is 4.79. The zero-order chi connectivity index (χ0) is 19.1. The fourth-order valence-electron chi connectivity index (χ4n) is 3.25. The van der Waals surface area contributed by atoms with Gasteiger partial charge in [-0.05, 0) is 43.9 Å². The number of hydrogen-bond acceptors (Lipinski definition) is 5. The third kappa shape index (κ3) is 3.06. The van der Waals surface area contributed by atoms with Crippen molar-refractivity contribution in [3.8, 4) is 0 Å². The fourth-order valence-corrected chi connectivity index (χ4v) is 5.10. The molecule has 0 radical (unpaired) electrons. The SMILES string of the molecule is Cc1cc([N+](=O)[O-])cc(S(=O)(=O)N2CCC[C@@H](O)c3ccccc32)c1C. The van der Waals surface area contributed by atoms with E-state index in [2.05, 4.69) is 0 Å². The fraction of sp³-hybridized carbons (Fsp3) is 0.333. The number of aliphatic hydroxyl groups excluding tert-OH is 1. The first-order chi connectivity index (χ1) is 12.2. The van der Waals surface area contributed by atoms with Crippen LogP contribution in [0.3, 0.4) is 0 Å². The summed E-state index contributed by atoms with van der Waals surface area (Å²) in [6.45, 7) is 3.50. The number of para-hydroxylation sites is 1. The normalized spacial score (nSPS) is 17.5. The summed E-state index contributed by atoms with van der Waals surface area (Å²) in [6.07, 6.45) is 0.206. The third-order valence-corrected chi connectivity index (χ3v) is 6.73. The number of aryl methyl sites for hydroxylation is 1. The molecular formula is C18H20N2O5S. The van der Waals surface area contributed by atoms with Gasteiger partial charge in [0, 0.05) is 24.2 Å². The van der Waals surface area contributed by atoms with Gasteiger partial charge in [0.1, 0.15) is 0 Å². The minimum absolute atomic E-state index is 0.0737. The van der Waals surface area contributed by atoms with Gasteiger partial charge in [-0.3, -0.25) is 14.4 Å². The molecule has 1 N–H and O–H groups in total.